The summed E-state index contributed by atoms with van der Waals surface area (Å²) in [7, 11) is -4.74. The molecular formula is C46H80NO11P. The molecular weight excluding hydrogens is 773 g/mol. The number of aliphatic hydroxyl groups excluding tert-OH is 1. The second-order valence-electron chi connectivity index (χ2n) is 15.0. The van der Waals surface area contributed by atoms with Crippen LogP contribution in [0.5, 0.6) is 0 Å². The molecule has 0 rings (SSSR count). The van der Waals surface area contributed by atoms with Crippen LogP contribution >= 0.6 is 7.82 Å². The molecule has 12 nitrogen and oxygen atoms in total. The van der Waals surface area contributed by atoms with Crippen molar-refractivity contribution in [3.63, 3.8) is 0 Å². The molecule has 0 aromatic heterocycles. The van der Waals surface area contributed by atoms with E-state index in [4.69, 9.17) is 24.8 Å². The van der Waals surface area contributed by atoms with E-state index in [0.29, 0.717) is 25.7 Å². The van der Waals surface area contributed by atoms with Gasteiger partial charge in [-0.05, 0) is 44.9 Å². The summed E-state index contributed by atoms with van der Waals surface area (Å²) in [4.78, 5) is 46.0. The van der Waals surface area contributed by atoms with Crippen molar-refractivity contribution in [2.75, 3.05) is 19.8 Å². The number of unbranched alkanes of at least 4 members (excludes halogenated alkanes) is 17. The Hall–Kier alpha value is -2.86. The van der Waals surface area contributed by atoms with Crippen molar-refractivity contribution in [1.82, 2.24) is 0 Å². The molecule has 0 saturated heterocycles. The van der Waals surface area contributed by atoms with Gasteiger partial charge < -0.3 is 30.3 Å². The van der Waals surface area contributed by atoms with Crippen molar-refractivity contribution in [3.05, 3.63) is 60.8 Å². The zero-order chi connectivity index (χ0) is 43.7. The van der Waals surface area contributed by atoms with Gasteiger partial charge >= 0.3 is 25.7 Å². The first kappa shape index (κ1) is 56.1. The van der Waals surface area contributed by atoms with Crippen LogP contribution in [0.1, 0.15) is 174 Å². The van der Waals surface area contributed by atoms with Crippen LogP contribution < -0.4 is 5.73 Å². The number of phosphoric acid groups is 1. The Morgan fingerprint density at radius 2 is 1.14 bits per heavy atom. The molecule has 0 fully saturated rings. The Bertz CT molecular complexity index is 1250. The minimum atomic E-state index is -4.74. The fourth-order valence-corrected chi connectivity index (χ4v) is 6.61. The molecule has 0 aliphatic heterocycles. The minimum Gasteiger partial charge on any atom is -0.480 e. The van der Waals surface area contributed by atoms with Gasteiger partial charge in [-0.3, -0.25) is 23.4 Å². The lowest BCUT2D eigenvalue weighted by atomic mass is 10.0. The fraction of sp³-hybridized carbons (Fsp3) is 0.717. The fourth-order valence-electron chi connectivity index (χ4n) is 5.83. The first-order valence-electron chi connectivity index (χ1n) is 22.4. The van der Waals surface area contributed by atoms with Gasteiger partial charge in [0.25, 0.3) is 0 Å². The molecule has 59 heavy (non-hydrogen) atoms. The summed E-state index contributed by atoms with van der Waals surface area (Å²) < 4.78 is 32.6. The summed E-state index contributed by atoms with van der Waals surface area (Å²) in [6.45, 7) is 2.51. The minimum absolute atomic E-state index is 0.125. The van der Waals surface area contributed by atoms with Crippen LogP contribution in [0.2, 0.25) is 0 Å². The van der Waals surface area contributed by atoms with Crippen molar-refractivity contribution in [1.29, 1.82) is 0 Å². The lowest BCUT2D eigenvalue weighted by molar-refractivity contribution is -0.161. The van der Waals surface area contributed by atoms with Gasteiger partial charge in [0.05, 0.1) is 19.3 Å². The van der Waals surface area contributed by atoms with Crippen molar-refractivity contribution < 1.29 is 52.6 Å². The van der Waals surface area contributed by atoms with Crippen molar-refractivity contribution in [2.24, 2.45) is 5.73 Å². The van der Waals surface area contributed by atoms with Gasteiger partial charge in [-0.15, -0.1) is 0 Å². The van der Waals surface area contributed by atoms with E-state index >= 15 is 0 Å². The van der Waals surface area contributed by atoms with E-state index in [0.717, 1.165) is 38.5 Å². The molecule has 0 spiro atoms. The number of hydrogen-bond acceptors (Lipinski definition) is 10. The maximum Gasteiger partial charge on any atom is 0.472 e. The van der Waals surface area contributed by atoms with Gasteiger partial charge in [-0.2, -0.15) is 0 Å². The molecule has 0 aliphatic rings. The van der Waals surface area contributed by atoms with E-state index in [-0.39, 0.29) is 19.4 Å². The number of esters is 2. The van der Waals surface area contributed by atoms with E-state index in [2.05, 4.69) is 23.6 Å². The average Bonchev–Trinajstić information content (AvgIpc) is 3.21. The quantitative estimate of drug-likeness (QED) is 0.0150. The number of phosphoric ester groups is 1. The van der Waals surface area contributed by atoms with Gasteiger partial charge in [0.15, 0.2) is 6.10 Å². The Labute approximate surface area is 356 Å². The summed E-state index contributed by atoms with van der Waals surface area (Å²) in [5.41, 5.74) is 5.33. The van der Waals surface area contributed by atoms with Gasteiger partial charge in [0.2, 0.25) is 0 Å². The summed E-state index contributed by atoms with van der Waals surface area (Å²) in [6.07, 6.45) is 43.5. The smallest absolute Gasteiger partial charge is 0.472 e. The Kier molecular flexibility index (Phi) is 38.6. The SMILES string of the molecule is CC/C=C\C(O)C/C=C/C=C\C/C=C\C/C=C\CCCC(=O)OC[C@H](COP(=O)(O)OC[C@H](N)C(=O)O)OC(=O)CCCCCCCCCCCCCCCCCCC. The third kappa shape index (κ3) is 40.3. The topological polar surface area (TPSA) is 192 Å². The number of rotatable bonds is 41. The zero-order valence-electron chi connectivity index (χ0n) is 36.4. The van der Waals surface area contributed by atoms with Crippen molar-refractivity contribution in [2.45, 2.75) is 193 Å². The Morgan fingerprint density at radius 3 is 1.71 bits per heavy atom. The number of hydrogen-bond donors (Lipinski definition) is 4. The number of carboxylic acid groups (broad SMARTS) is 1. The van der Waals surface area contributed by atoms with Crippen molar-refractivity contribution in [3.8, 4) is 0 Å². The van der Waals surface area contributed by atoms with Gasteiger partial charge in [0, 0.05) is 12.8 Å². The predicted molar refractivity (Wildman–Crippen MR) is 237 cm³/mol. The number of aliphatic carboxylic acids is 1. The Morgan fingerprint density at radius 1 is 0.627 bits per heavy atom. The number of nitrogens with two attached hydrogens (primary N) is 1. The monoisotopic (exact) mass is 854 g/mol. The number of aliphatic hydroxyl groups is 1. The summed E-state index contributed by atoms with van der Waals surface area (Å²) in [5, 5.41) is 18.7. The van der Waals surface area contributed by atoms with Crippen LogP contribution in [0.3, 0.4) is 0 Å². The van der Waals surface area contributed by atoms with E-state index < -0.39 is 57.2 Å². The molecule has 0 radical (unpaired) electrons. The number of ether oxygens (including phenoxy) is 2. The molecule has 0 heterocycles. The maximum atomic E-state index is 12.6. The molecule has 0 aromatic carbocycles. The molecule has 5 N–H and O–H groups in total. The van der Waals surface area contributed by atoms with Crippen LogP contribution in [0.4, 0.5) is 0 Å². The molecule has 0 saturated carbocycles. The lowest BCUT2D eigenvalue weighted by Gasteiger charge is -2.20. The molecule has 0 aliphatic carbocycles. The third-order valence-corrected chi connectivity index (χ3v) is 10.3. The average molecular weight is 854 g/mol. The molecule has 0 bridgehead atoms. The summed E-state index contributed by atoms with van der Waals surface area (Å²) in [5.74, 6) is -2.48. The van der Waals surface area contributed by atoms with Crippen molar-refractivity contribution >= 4 is 25.7 Å². The van der Waals surface area contributed by atoms with E-state index in [9.17, 15) is 28.9 Å². The second kappa shape index (κ2) is 40.5. The molecule has 4 atom stereocenters. The molecule has 13 heteroatoms. The first-order valence-corrected chi connectivity index (χ1v) is 23.9. The highest BCUT2D eigenvalue weighted by Gasteiger charge is 2.28. The van der Waals surface area contributed by atoms with Crippen LogP contribution in [0.15, 0.2) is 60.8 Å². The highest BCUT2D eigenvalue weighted by atomic mass is 31.2. The van der Waals surface area contributed by atoms with Crippen LogP contribution in [-0.4, -0.2) is 71.1 Å². The summed E-state index contributed by atoms with van der Waals surface area (Å²) >= 11 is 0. The van der Waals surface area contributed by atoms with E-state index in [1.165, 1.54) is 83.5 Å². The predicted octanol–water partition coefficient (Wildman–Crippen LogP) is 10.9. The van der Waals surface area contributed by atoms with Gasteiger partial charge in [0.1, 0.15) is 12.6 Å². The largest absolute Gasteiger partial charge is 0.480 e. The molecule has 0 amide bonds. The maximum absolute atomic E-state index is 12.6. The standard InChI is InChI=1S/C46H80NO11P/c1-3-5-7-8-9-10-11-12-13-14-15-16-21-24-27-30-33-37-45(50)58-42(39-56-59(53,54)57-40-43(47)46(51)52)38-55-44(49)36-32-29-26-23-20-18-17-19-22-25-28-31-35-41(48)34-6-4-2/h6,17-18,22-23,25-26,28,31,34,41-43,48H,3-5,7-16,19-21,24,27,29-30,32-33,35-40,47H2,1-2H3,(H,51,52)(H,53,54)/b18-17-,25-22-,26-23-,31-28+,34-6-/t41?,42-,43+/m1/s1. The molecule has 0 aromatic rings. The highest BCUT2D eigenvalue weighted by molar-refractivity contribution is 7.47. The van der Waals surface area contributed by atoms with E-state index in [1.807, 2.05) is 49.5 Å². The number of carbonyl (C=O) groups excluding carboxylic acids is 2. The third-order valence-electron chi connectivity index (χ3n) is 9.35. The normalized spacial score (nSPS) is 14.8. The second-order valence-corrected chi connectivity index (χ2v) is 16.5. The Balaban J connectivity index is 4.45. The number of carboxylic acids is 1. The van der Waals surface area contributed by atoms with Crippen LogP contribution in [0, 0.1) is 0 Å². The highest BCUT2D eigenvalue weighted by Crippen LogP contribution is 2.43. The molecule has 2 unspecified atom stereocenters. The number of allylic oxidation sites excluding steroid dienone is 8. The zero-order valence-corrected chi connectivity index (χ0v) is 37.3. The summed E-state index contributed by atoms with van der Waals surface area (Å²) in [6, 6.07) is -1.54. The van der Waals surface area contributed by atoms with Gasteiger partial charge in [-0.25, -0.2) is 4.57 Å². The number of carbonyl (C=O) groups is 3. The van der Waals surface area contributed by atoms with E-state index in [1.54, 1.807) is 6.08 Å². The molecule has 340 valence electrons. The lowest BCUT2D eigenvalue weighted by Crippen LogP contribution is -2.34. The van der Waals surface area contributed by atoms with Crippen LogP contribution in [0.25, 0.3) is 0 Å². The first-order chi connectivity index (χ1) is 28.5. The van der Waals surface area contributed by atoms with Gasteiger partial charge in [-0.1, -0.05) is 177 Å². The van der Waals surface area contributed by atoms with Crippen LogP contribution in [-0.2, 0) is 37.5 Å².